The van der Waals surface area contributed by atoms with Crippen LogP contribution in [0.5, 0.6) is 0 Å². The summed E-state index contributed by atoms with van der Waals surface area (Å²) in [4.78, 5) is 1.40. The standard InChI is InChI=1S/C15H18S/c1-4-12-8-9-14-13(10-12)6-5-7-15(14)16-11(2)3/h5-11H,4H2,1-3H3. The molecule has 0 atom stereocenters. The normalized spacial score (nSPS) is 11.2. The first kappa shape index (κ1) is 11.5. The van der Waals surface area contributed by atoms with Crippen molar-refractivity contribution in [2.24, 2.45) is 0 Å². The fourth-order valence-corrected chi connectivity index (χ4v) is 2.86. The third kappa shape index (κ3) is 2.41. The maximum absolute atomic E-state index is 2.31. The average molecular weight is 230 g/mol. The van der Waals surface area contributed by atoms with E-state index in [1.807, 2.05) is 11.8 Å². The lowest BCUT2D eigenvalue weighted by Crippen LogP contribution is -1.88. The molecule has 16 heavy (non-hydrogen) atoms. The molecule has 0 amide bonds. The van der Waals surface area contributed by atoms with E-state index in [-0.39, 0.29) is 0 Å². The fourth-order valence-electron chi connectivity index (χ4n) is 1.88. The van der Waals surface area contributed by atoms with Gasteiger partial charge in [-0.3, -0.25) is 0 Å². The molecule has 0 N–H and O–H groups in total. The molecule has 0 fully saturated rings. The number of hydrogen-bond donors (Lipinski definition) is 0. The lowest BCUT2D eigenvalue weighted by Gasteiger charge is -2.09. The molecule has 0 nitrogen and oxygen atoms in total. The molecule has 0 aliphatic rings. The van der Waals surface area contributed by atoms with E-state index in [9.17, 15) is 0 Å². The number of thioether (sulfide) groups is 1. The Morgan fingerprint density at radius 3 is 2.62 bits per heavy atom. The summed E-state index contributed by atoms with van der Waals surface area (Å²) in [6.45, 7) is 6.68. The van der Waals surface area contributed by atoms with Crippen molar-refractivity contribution in [1.29, 1.82) is 0 Å². The Morgan fingerprint density at radius 1 is 1.12 bits per heavy atom. The summed E-state index contributed by atoms with van der Waals surface area (Å²) in [6, 6.07) is 13.4. The van der Waals surface area contributed by atoms with Crippen LogP contribution < -0.4 is 0 Å². The minimum atomic E-state index is 0.636. The summed E-state index contributed by atoms with van der Waals surface area (Å²) in [6.07, 6.45) is 1.11. The van der Waals surface area contributed by atoms with Crippen LogP contribution in [0, 0.1) is 0 Å². The Labute approximate surface area is 102 Å². The van der Waals surface area contributed by atoms with Crippen LogP contribution in [0.3, 0.4) is 0 Å². The van der Waals surface area contributed by atoms with E-state index < -0.39 is 0 Å². The van der Waals surface area contributed by atoms with Gasteiger partial charge in [-0.25, -0.2) is 0 Å². The zero-order chi connectivity index (χ0) is 11.5. The number of fused-ring (bicyclic) bond motifs is 1. The second-order valence-electron chi connectivity index (χ2n) is 4.33. The first-order chi connectivity index (χ1) is 7.70. The molecule has 0 spiro atoms. The first-order valence-corrected chi connectivity index (χ1v) is 6.77. The molecule has 0 radical (unpaired) electrons. The van der Waals surface area contributed by atoms with Crippen LogP contribution in [0.15, 0.2) is 41.3 Å². The maximum Gasteiger partial charge on any atom is 0.0153 e. The van der Waals surface area contributed by atoms with Crippen LogP contribution in [0.25, 0.3) is 10.8 Å². The molecule has 0 unspecified atom stereocenters. The van der Waals surface area contributed by atoms with Gasteiger partial charge in [0.25, 0.3) is 0 Å². The summed E-state index contributed by atoms with van der Waals surface area (Å²) in [5.74, 6) is 0. The van der Waals surface area contributed by atoms with Gasteiger partial charge in [0.05, 0.1) is 0 Å². The molecule has 0 heterocycles. The lowest BCUT2D eigenvalue weighted by molar-refractivity contribution is 1.11. The van der Waals surface area contributed by atoms with Crippen molar-refractivity contribution in [3.63, 3.8) is 0 Å². The Bertz CT molecular complexity index is 486. The summed E-state index contributed by atoms with van der Waals surface area (Å²) in [5, 5.41) is 3.39. The lowest BCUT2D eigenvalue weighted by atomic mass is 10.1. The molecule has 0 aliphatic carbocycles. The fraction of sp³-hybridized carbons (Fsp3) is 0.333. The van der Waals surface area contributed by atoms with Gasteiger partial charge < -0.3 is 0 Å². The summed E-state index contributed by atoms with van der Waals surface area (Å²) < 4.78 is 0. The van der Waals surface area contributed by atoms with Crippen molar-refractivity contribution in [2.75, 3.05) is 0 Å². The maximum atomic E-state index is 2.31. The predicted octanol–water partition coefficient (Wildman–Crippen LogP) is 4.90. The van der Waals surface area contributed by atoms with Gasteiger partial charge in [-0.2, -0.15) is 0 Å². The highest BCUT2D eigenvalue weighted by Gasteiger charge is 2.04. The van der Waals surface area contributed by atoms with Crippen molar-refractivity contribution >= 4 is 22.5 Å². The van der Waals surface area contributed by atoms with Crippen LogP contribution in [0.1, 0.15) is 26.3 Å². The number of hydrogen-bond acceptors (Lipinski definition) is 1. The van der Waals surface area contributed by atoms with E-state index in [2.05, 4.69) is 57.2 Å². The molecule has 0 saturated carbocycles. The van der Waals surface area contributed by atoms with Crippen molar-refractivity contribution in [2.45, 2.75) is 37.3 Å². The van der Waals surface area contributed by atoms with Crippen LogP contribution >= 0.6 is 11.8 Å². The van der Waals surface area contributed by atoms with E-state index in [0.29, 0.717) is 5.25 Å². The Balaban J connectivity index is 2.51. The highest BCUT2D eigenvalue weighted by Crippen LogP contribution is 2.31. The summed E-state index contributed by atoms with van der Waals surface area (Å²) >= 11 is 1.94. The molecule has 0 aliphatic heterocycles. The monoisotopic (exact) mass is 230 g/mol. The molecule has 2 aromatic carbocycles. The van der Waals surface area contributed by atoms with Crippen LogP contribution in [0.4, 0.5) is 0 Å². The van der Waals surface area contributed by atoms with Gasteiger partial charge >= 0.3 is 0 Å². The molecule has 0 aromatic heterocycles. The Morgan fingerprint density at radius 2 is 1.94 bits per heavy atom. The molecule has 84 valence electrons. The van der Waals surface area contributed by atoms with Crippen molar-refractivity contribution in [3.8, 4) is 0 Å². The largest absolute Gasteiger partial charge is 0.123 e. The van der Waals surface area contributed by atoms with Crippen molar-refractivity contribution in [1.82, 2.24) is 0 Å². The molecular formula is C15H18S. The van der Waals surface area contributed by atoms with E-state index in [4.69, 9.17) is 0 Å². The van der Waals surface area contributed by atoms with Gasteiger partial charge in [0, 0.05) is 10.1 Å². The second kappa shape index (κ2) is 4.92. The zero-order valence-electron chi connectivity index (χ0n) is 10.2. The van der Waals surface area contributed by atoms with Crippen molar-refractivity contribution in [3.05, 3.63) is 42.0 Å². The van der Waals surface area contributed by atoms with Crippen LogP contribution in [-0.2, 0) is 6.42 Å². The molecule has 0 bridgehead atoms. The minimum absolute atomic E-state index is 0.636. The summed E-state index contributed by atoms with van der Waals surface area (Å²) in [7, 11) is 0. The molecule has 0 saturated heterocycles. The highest BCUT2D eigenvalue weighted by atomic mass is 32.2. The second-order valence-corrected chi connectivity index (χ2v) is 5.95. The van der Waals surface area contributed by atoms with E-state index in [1.54, 1.807) is 0 Å². The molecule has 2 aromatic rings. The van der Waals surface area contributed by atoms with Gasteiger partial charge in [0.1, 0.15) is 0 Å². The summed E-state index contributed by atoms with van der Waals surface area (Å²) in [5.41, 5.74) is 1.42. The van der Waals surface area contributed by atoms with E-state index in [1.165, 1.54) is 21.2 Å². The zero-order valence-corrected chi connectivity index (χ0v) is 11.0. The van der Waals surface area contributed by atoms with Crippen molar-refractivity contribution < 1.29 is 0 Å². The molecule has 1 heteroatoms. The first-order valence-electron chi connectivity index (χ1n) is 5.89. The third-order valence-electron chi connectivity index (χ3n) is 2.68. The topological polar surface area (TPSA) is 0 Å². The Hall–Kier alpha value is -0.950. The quantitative estimate of drug-likeness (QED) is 0.676. The van der Waals surface area contributed by atoms with E-state index >= 15 is 0 Å². The Kier molecular flexibility index (Phi) is 3.55. The van der Waals surface area contributed by atoms with Gasteiger partial charge in [-0.05, 0) is 28.8 Å². The van der Waals surface area contributed by atoms with Gasteiger partial charge in [-0.15, -0.1) is 11.8 Å². The predicted molar refractivity (Wildman–Crippen MR) is 74.3 cm³/mol. The van der Waals surface area contributed by atoms with Gasteiger partial charge in [-0.1, -0.05) is 51.1 Å². The average Bonchev–Trinajstić information content (AvgIpc) is 2.28. The number of benzene rings is 2. The molecule has 2 rings (SSSR count). The highest BCUT2D eigenvalue weighted by molar-refractivity contribution is 8.00. The minimum Gasteiger partial charge on any atom is -0.123 e. The molecular weight excluding hydrogens is 212 g/mol. The number of rotatable bonds is 3. The smallest absolute Gasteiger partial charge is 0.0153 e. The number of aryl methyl sites for hydroxylation is 1. The van der Waals surface area contributed by atoms with Crippen LogP contribution in [-0.4, -0.2) is 5.25 Å². The third-order valence-corrected chi connectivity index (χ3v) is 3.76. The SMILES string of the molecule is CCc1ccc2c(SC(C)C)cccc2c1. The van der Waals surface area contributed by atoms with Gasteiger partial charge in [0.15, 0.2) is 0 Å². The van der Waals surface area contributed by atoms with E-state index in [0.717, 1.165) is 6.42 Å². The van der Waals surface area contributed by atoms with Crippen LogP contribution in [0.2, 0.25) is 0 Å². The van der Waals surface area contributed by atoms with Gasteiger partial charge in [0.2, 0.25) is 0 Å².